The number of benzene rings is 1. The Hall–Kier alpha value is -3.63. The first-order valence-corrected chi connectivity index (χ1v) is 9.02. The standard InChI is InChI=1S/C20H14N4O2S/c1-24(17-9-4-10-26-17)18-13-6-2-3-7-15(13)22-19(14(18)12-21)23-20(25)16-8-5-11-27-16/h2-11H,1H3,(H,22,23,25). The molecule has 0 radical (unpaired) electrons. The summed E-state index contributed by atoms with van der Waals surface area (Å²) in [5, 5.41) is 15.2. The Morgan fingerprint density at radius 2 is 2.07 bits per heavy atom. The molecule has 0 bridgehead atoms. The van der Waals surface area contributed by atoms with Crippen LogP contribution in [0, 0.1) is 11.3 Å². The van der Waals surface area contributed by atoms with Crippen molar-refractivity contribution in [2.45, 2.75) is 0 Å². The van der Waals surface area contributed by atoms with E-state index in [1.165, 1.54) is 11.3 Å². The highest BCUT2D eigenvalue weighted by atomic mass is 32.1. The summed E-state index contributed by atoms with van der Waals surface area (Å²) in [6.45, 7) is 0. The van der Waals surface area contributed by atoms with E-state index in [0.717, 1.165) is 5.39 Å². The third kappa shape index (κ3) is 3.03. The second kappa shape index (κ2) is 6.94. The first kappa shape index (κ1) is 16.8. The maximum atomic E-state index is 12.5. The average molecular weight is 374 g/mol. The predicted octanol–water partition coefficient (Wildman–Crippen LogP) is 4.78. The molecule has 1 amide bonds. The fraction of sp³-hybridized carbons (Fsp3) is 0.0500. The Balaban J connectivity index is 1.90. The number of nitriles is 1. The molecule has 0 aliphatic heterocycles. The predicted molar refractivity (Wildman–Crippen MR) is 106 cm³/mol. The number of furan rings is 1. The fourth-order valence-electron chi connectivity index (χ4n) is 2.89. The zero-order valence-electron chi connectivity index (χ0n) is 14.3. The van der Waals surface area contributed by atoms with Crippen LogP contribution in [0.4, 0.5) is 17.4 Å². The first-order chi connectivity index (χ1) is 13.2. The summed E-state index contributed by atoms with van der Waals surface area (Å²) >= 11 is 1.33. The van der Waals surface area contributed by atoms with Crippen molar-refractivity contribution in [1.82, 2.24) is 4.98 Å². The van der Waals surface area contributed by atoms with Crippen LogP contribution in [0.1, 0.15) is 15.2 Å². The van der Waals surface area contributed by atoms with Gasteiger partial charge in [0, 0.05) is 18.5 Å². The van der Waals surface area contributed by atoms with Gasteiger partial charge in [-0.05, 0) is 23.6 Å². The number of aromatic nitrogens is 1. The van der Waals surface area contributed by atoms with Crippen LogP contribution in [0.5, 0.6) is 0 Å². The molecule has 132 valence electrons. The minimum absolute atomic E-state index is 0.225. The van der Waals surface area contributed by atoms with E-state index < -0.39 is 0 Å². The second-order valence-corrected chi connectivity index (χ2v) is 6.70. The highest BCUT2D eigenvalue weighted by Crippen LogP contribution is 2.37. The number of amides is 1. The summed E-state index contributed by atoms with van der Waals surface area (Å²) in [6, 6.07) is 16.8. The SMILES string of the molecule is CN(c1ccco1)c1c(C#N)c(NC(=O)c2cccs2)nc2ccccc12. The number of nitrogens with zero attached hydrogens (tertiary/aromatic N) is 3. The van der Waals surface area contributed by atoms with Crippen molar-refractivity contribution >= 4 is 45.5 Å². The molecule has 27 heavy (non-hydrogen) atoms. The zero-order chi connectivity index (χ0) is 18.8. The van der Waals surface area contributed by atoms with E-state index in [1.807, 2.05) is 36.7 Å². The lowest BCUT2D eigenvalue weighted by Crippen LogP contribution is -2.16. The van der Waals surface area contributed by atoms with Gasteiger partial charge in [-0.15, -0.1) is 11.3 Å². The largest absolute Gasteiger partial charge is 0.448 e. The van der Waals surface area contributed by atoms with Gasteiger partial charge in [0.1, 0.15) is 11.6 Å². The third-order valence-corrected chi connectivity index (χ3v) is 4.99. The quantitative estimate of drug-likeness (QED) is 0.556. The molecule has 4 aromatic rings. The maximum absolute atomic E-state index is 12.5. The van der Waals surface area contributed by atoms with Crippen molar-refractivity contribution < 1.29 is 9.21 Å². The van der Waals surface area contributed by atoms with Crippen molar-refractivity contribution in [2.24, 2.45) is 0 Å². The monoisotopic (exact) mass is 374 g/mol. The lowest BCUT2D eigenvalue weighted by molar-refractivity contribution is 0.103. The van der Waals surface area contributed by atoms with E-state index in [-0.39, 0.29) is 17.3 Å². The van der Waals surface area contributed by atoms with Gasteiger partial charge >= 0.3 is 0 Å². The van der Waals surface area contributed by atoms with E-state index in [4.69, 9.17) is 4.42 Å². The van der Waals surface area contributed by atoms with Gasteiger partial charge in [-0.1, -0.05) is 24.3 Å². The smallest absolute Gasteiger partial charge is 0.266 e. The number of pyridine rings is 1. The van der Waals surface area contributed by atoms with Crippen LogP contribution >= 0.6 is 11.3 Å². The van der Waals surface area contributed by atoms with Crippen LogP contribution in [-0.4, -0.2) is 17.9 Å². The van der Waals surface area contributed by atoms with Crippen molar-refractivity contribution in [3.63, 3.8) is 0 Å². The Bertz CT molecular complexity index is 1140. The minimum atomic E-state index is -0.295. The van der Waals surface area contributed by atoms with Crippen molar-refractivity contribution in [3.05, 3.63) is 70.6 Å². The third-order valence-electron chi connectivity index (χ3n) is 4.13. The van der Waals surface area contributed by atoms with Crippen LogP contribution in [0.15, 0.2) is 64.6 Å². The molecule has 3 heterocycles. The topological polar surface area (TPSA) is 82.2 Å². The summed E-state index contributed by atoms with van der Waals surface area (Å²) in [6.07, 6.45) is 1.57. The van der Waals surface area contributed by atoms with Crippen molar-refractivity contribution in [2.75, 3.05) is 17.3 Å². The molecule has 0 aliphatic carbocycles. The number of rotatable bonds is 4. The van der Waals surface area contributed by atoms with Crippen molar-refractivity contribution in [3.8, 4) is 6.07 Å². The number of hydrogen-bond acceptors (Lipinski definition) is 6. The summed E-state index contributed by atoms with van der Waals surface area (Å²) in [4.78, 5) is 19.4. The van der Waals surface area contributed by atoms with Gasteiger partial charge in [-0.3, -0.25) is 4.79 Å². The summed E-state index contributed by atoms with van der Waals surface area (Å²) in [5.74, 6) is 0.511. The van der Waals surface area contributed by atoms with Gasteiger partial charge in [-0.25, -0.2) is 4.98 Å². The van der Waals surface area contributed by atoms with E-state index >= 15 is 0 Å². The van der Waals surface area contributed by atoms with Gasteiger partial charge < -0.3 is 14.6 Å². The highest BCUT2D eigenvalue weighted by Gasteiger charge is 2.22. The molecule has 1 aromatic carbocycles. The Labute approximate surface area is 159 Å². The molecule has 0 unspecified atom stereocenters. The number of nitrogens with one attached hydrogen (secondary N) is 1. The number of thiophene rings is 1. The number of hydrogen-bond donors (Lipinski definition) is 1. The van der Waals surface area contributed by atoms with Gasteiger partial charge in [0.25, 0.3) is 5.91 Å². The molecule has 0 saturated heterocycles. The molecular formula is C20H14N4O2S. The number of anilines is 3. The number of para-hydroxylation sites is 1. The number of carbonyl (C=O) groups is 1. The Morgan fingerprint density at radius 3 is 2.78 bits per heavy atom. The molecule has 1 N–H and O–H groups in total. The molecule has 7 heteroatoms. The lowest BCUT2D eigenvalue weighted by Gasteiger charge is -2.21. The molecule has 0 saturated carbocycles. The normalized spacial score (nSPS) is 10.5. The van der Waals surface area contributed by atoms with Gasteiger partial charge in [0.2, 0.25) is 0 Å². The zero-order valence-corrected chi connectivity index (χ0v) is 15.2. The molecule has 0 atom stereocenters. The van der Waals surface area contributed by atoms with E-state index in [1.54, 1.807) is 35.4 Å². The molecular weight excluding hydrogens is 360 g/mol. The van der Waals surface area contributed by atoms with Crippen LogP contribution in [0.2, 0.25) is 0 Å². The van der Waals surface area contributed by atoms with Crippen LogP contribution < -0.4 is 10.2 Å². The number of fused-ring (bicyclic) bond motifs is 1. The van der Waals surface area contributed by atoms with E-state index in [2.05, 4.69) is 16.4 Å². The second-order valence-electron chi connectivity index (χ2n) is 5.75. The maximum Gasteiger partial charge on any atom is 0.266 e. The lowest BCUT2D eigenvalue weighted by atomic mass is 10.1. The highest BCUT2D eigenvalue weighted by molar-refractivity contribution is 7.12. The molecule has 6 nitrogen and oxygen atoms in total. The Kier molecular flexibility index (Phi) is 4.32. The Morgan fingerprint density at radius 1 is 1.22 bits per heavy atom. The van der Waals surface area contributed by atoms with Gasteiger partial charge in [-0.2, -0.15) is 5.26 Å². The van der Waals surface area contributed by atoms with Crippen molar-refractivity contribution in [1.29, 1.82) is 5.26 Å². The summed E-state index contributed by atoms with van der Waals surface area (Å²) in [7, 11) is 1.81. The molecule has 0 fully saturated rings. The minimum Gasteiger partial charge on any atom is -0.448 e. The van der Waals surface area contributed by atoms with E-state index in [0.29, 0.717) is 22.0 Å². The summed E-state index contributed by atoms with van der Waals surface area (Å²) < 4.78 is 5.49. The summed E-state index contributed by atoms with van der Waals surface area (Å²) in [5.41, 5.74) is 1.57. The van der Waals surface area contributed by atoms with Gasteiger partial charge in [0.15, 0.2) is 11.7 Å². The van der Waals surface area contributed by atoms with Crippen LogP contribution in [-0.2, 0) is 0 Å². The van der Waals surface area contributed by atoms with E-state index in [9.17, 15) is 10.1 Å². The van der Waals surface area contributed by atoms with Gasteiger partial charge in [0.05, 0.1) is 22.3 Å². The first-order valence-electron chi connectivity index (χ1n) is 8.14. The molecule has 4 rings (SSSR count). The molecule has 3 aromatic heterocycles. The average Bonchev–Trinajstić information content (AvgIpc) is 3.40. The molecule has 0 spiro atoms. The molecule has 0 aliphatic rings. The number of carbonyl (C=O) groups excluding carboxylic acids is 1. The van der Waals surface area contributed by atoms with Crippen LogP contribution in [0.3, 0.4) is 0 Å². The van der Waals surface area contributed by atoms with Crippen LogP contribution in [0.25, 0.3) is 10.9 Å². The fourth-order valence-corrected chi connectivity index (χ4v) is 3.51.